The van der Waals surface area contributed by atoms with Gasteiger partial charge in [-0.2, -0.15) is 18.2 Å². The van der Waals surface area contributed by atoms with Crippen LogP contribution < -0.4 is 10.2 Å². The molecule has 0 radical (unpaired) electrons. The Balaban J connectivity index is 1.88. The number of aryl methyl sites for hydroxylation is 1. The normalized spacial score (nSPS) is 15.0. The number of alkyl halides is 3. The van der Waals surface area contributed by atoms with Crippen LogP contribution in [0, 0.1) is 6.92 Å². The molecule has 0 aliphatic carbocycles. The van der Waals surface area contributed by atoms with Crippen LogP contribution in [-0.2, 0) is 6.18 Å². The summed E-state index contributed by atoms with van der Waals surface area (Å²) >= 11 is 5.63. The van der Waals surface area contributed by atoms with Crippen molar-refractivity contribution in [2.75, 3.05) is 23.3 Å². The molecular formula is C16H16ClF3N4. The van der Waals surface area contributed by atoms with Gasteiger partial charge in [0.05, 0.1) is 10.6 Å². The number of anilines is 3. The molecule has 24 heavy (non-hydrogen) atoms. The molecule has 8 heteroatoms. The Kier molecular flexibility index (Phi) is 4.54. The van der Waals surface area contributed by atoms with Gasteiger partial charge in [-0.05, 0) is 38.0 Å². The Morgan fingerprint density at radius 3 is 2.50 bits per heavy atom. The molecule has 1 fully saturated rings. The summed E-state index contributed by atoms with van der Waals surface area (Å²) in [7, 11) is 0. The first-order chi connectivity index (χ1) is 11.3. The average Bonchev–Trinajstić information content (AvgIpc) is 3.02. The maximum atomic E-state index is 12.9. The van der Waals surface area contributed by atoms with Crippen LogP contribution in [0.1, 0.15) is 24.1 Å². The van der Waals surface area contributed by atoms with Gasteiger partial charge in [-0.25, -0.2) is 4.98 Å². The second-order valence-corrected chi connectivity index (χ2v) is 6.11. The van der Waals surface area contributed by atoms with E-state index < -0.39 is 11.7 Å². The molecule has 0 atom stereocenters. The van der Waals surface area contributed by atoms with Crippen LogP contribution in [0.15, 0.2) is 24.3 Å². The van der Waals surface area contributed by atoms with Gasteiger partial charge in [0.2, 0.25) is 5.95 Å². The van der Waals surface area contributed by atoms with Crippen molar-refractivity contribution < 1.29 is 13.2 Å². The highest BCUT2D eigenvalue weighted by Crippen LogP contribution is 2.36. The number of aromatic nitrogens is 2. The Bertz CT molecular complexity index is 743. The van der Waals surface area contributed by atoms with Crippen LogP contribution in [0.3, 0.4) is 0 Å². The molecule has 0 spiro atoms. The van der Waals surface area contributed by atoms with Gasteiger partial charge >= 0.3 is 6.18 Å². The lowest BCUT2D eigenvalue weighted by Crippen LogP contribution is -2.19. The zero-order chi connectivity index (χ0) is 17.3. The van der Waals surface area contributed by atoms with E-state index in [0.717, 1.165) is 43.5 Å². The molecule has 3 rings (SSSR count). The van der Waals surface area contributed by atoms with Crippen molar-refractivity contribution in [2.24, 2.45) is 0 Å². The molecule has 0 amide bonds. The minimum atomic E-state index is -4.51. The van der Waals surface area contributed by atoms with Gasteiger partial charge in [-0.15, -0.1) is 0 Å². The lowest BCUT2D eigenvalue weighted by Gasteiger charge is -2.18. The van der Waals surface area contributed by atoms with Crippen molar-refractivity contribution in [3.63, 3.8) is 0 Å². The highest BCUT2D eigenvalue weighted by Gasteiger charge is 2.33. The Hall–Kier alpha value is -2.02. The fourth-order valence-corrected chi connectivity index (χ4v) is 2.89. The molecule has 0 bridgehead atoms. The molecule has 1 saturated heterocycles. The number of hydrogen-bond acceptors (Lipinski definition) is 4. The van der Waals surface area contributed by atoms with E-state index in [4.69, 9.17) is 11.6 Å². The third-order valence-corrected chi connectivity index (χ3v) is 4.13. The zero-order valence-corrected chi connectivity index (χ0v) is 13.7. The molecule has 1 N–H and O–H groups in total. The summed E-state index contributed by atoms with van der Waals surface area (Å²) < 4.78 is 38.8. The molecule has 2 heterocycles. The van der Waals surface area contributed by atoms with Crippen molar-refractivity contribution in [3.05, 3.63) is 40.5 Å². The summed E-state index contributed by atoms with van der Waals surface area (Å²) in [6, 6.07) is 5.52. The molecule has 1 aliphatic rings. The van der Waals surface area contributed by atoms with E-state index >= 15 is 0 Å². The van der Waals surface area contributed by atoms with Crippen LogP contribution in [0.5, 0.6) is 0 Å². The standard InChI is InChI=1S/C16H16ClF3N4/c1-10-8-14(24-6-2-3-7-24)23-15(21-10)22-11-4-5-13(17)12(9-11)16(18,19)20/h4-5,8-9H,2-3,6-7H2,1H3,(H,21,22,23). The van der Waals surface area contributed by atoms with E-state index in [-0.39, 0.29) is 16.7 Å². The minimum absolute atomic E-state index is 0.240. The number of nitrogens with one attached hydrogen (secondary N) is 1. The van der Waals surface area contributed by atoms with Crippen LogP contribution in [0.4, 0.5) is 30.6 Å². The van der Waals surface area contributed by atoms with Crippen LogP contribution in [0.25, 0.3) is 0 Å². The van der Waals surface area contributed by atoms with E-state index in [1.54, 1.807) is 0 Å². The predicted octanol–water partition coefficient (Wildman–Crippen LogP) is 4.80. The Morgan fingerprint density at radius 2 is 1.83 bits per heavy atom. The quantitative estimate of drug-likeness (QED) is 0.857. The molecule has 1 aromatic heterocycles. The van der Waals surface area contributed by atoms with E-state index in [2.05, 4.69) is 20.2 Å². The first-order valence-corrected chi connectivity index (χ1v) is 7.95. The molecular weight excluding hydrogens is 341 g/mol. The van der Waals surface area contributed by atoms with Gasteiger partial charge in [0.25, 0.3) is 0 Å². The summed E-state index contributed by atoms with van der Waals surface area (Å²) in [5.41, 5.74) is 0.102. The van der Waals surface area contributed by atoms with Gasteiger partial charge in [0, 0.05) is 30.5 Å². The second kappa shape index (κ2) is 6.47. The fourth-order valence-electron chi connectivity index (χ4n) is 2.67. The second-order valence-electron chi connectivity index (χ2n) is 5.70. The van der Waals surface area contributed by atoms with E-state index in [1.165, 1.54) is 12.1 Å². The predicted molar refractivity (Wildman–Crippen MR) is 88.0 cm³/mol. The van der Waals surface area contributed by atoms with Gasteiger partial charge in [0.15, 0.2) is 0 Å². The largest absolute Gasteiger partial charge is 0.417 e. The van der Waals surface area contributed by atoms with Gasteiger partial charge in [-0.3, -0.25) is 0 Å². The molecule has 0 saturated carbocycles. The van der Waals surface area contributed by atoms with Crippen molar-refractivity contribution in [1.82, 2.24) is 9.97 Å². The van der Waals surface area contributed by atoms with Crippen molar-refractivity contribution in [3.8, 4) is 0 Å². The molecule has 1 aromatic carbocycles. The van der Waals surface area contributed by atoms with Crippen LogP contribution in [0.2, 0.25) is 5.02 Å². The van der Waals surface area contributed by atoms with E-state index in [0.29, 0.717) is 0 Å². The maximum absolute atomic E-state index is 12.9. The average molecular weight is 357 g/mol. The minimum Gasteiger partial charge on any atom is -0.356 e. The van der Waals surface area contributed by atoms with Gasteiger partial charge in [-0.1, -0.05) is 11.6 Å². The highest BCUT2D eigenvalue weighted by atomic mass is 35.5. The lowest BCUT2D eigenvalue weighted by atomic mass is 10.2. The molecule has 4 nitrogen and oxygen atoms in total. The monoisotopic (exact) mass is 356 g/mol. The van der Waals surface area contributed by atoms with Crippen molar-refractivity contribution in [2.45, 2.75) is 25.9 Å². The fraction of sp³-hybridized carbons (Fsp3) is 0.375. The topological polar surface area (TPSA) is 41.1 Å². The Labute approximate surface area is 142 Å². The van der Waals surface area contributed by atoms with Crippen molar-refractivity contribution in [1.29, 1.82) is 0 Å². The van der Waals surface area contributed by atoms with Crippen LogP contribution >= 0.6 is 11.6 Å². The summed E-state index contributed by atoms with van der Waals surface area (Å²) in [4.78, 5) is 10.8. The van der Waals surface area contributed by atoms with E-state index in [9.17, 15) is 13.2 Å². The number of nitrogens with zero attached hydrogens (tertiary/aromatic N) is 3. The number of halogens is 4. The summed E-state index contributed by atoms with van der Waals surface area (Å²) in [5.74, 6) is 1.06. The number of benzene rings is 1. The third-order valence-electron chi connectivity index (χ3n) is 3.80. The van der Waals surface area contributed by atoms with Crippen molar-refractivity contribution >= 4 is 29.1 Å². The van der Waals surface area contributed by atoms with Gasteiger partial charge < -0.3 is 10.2 Å². The third kappa shape index (κ3) is 3.72. The molecule has 2 aromatic rings. The van der Waals surface area contributed by atoms with Crippen LogP contribution in [-0.4, -0.2) is 23.1 Å². The summed E-state index contributed by atoms with van der Waals surface area (Å²) in [6.07, 6.45) is -2.29. The molecule has 128 valence electrons. The lowest BCUT2D eigenvalue weighted by molar-refractivity contribution is -0.137. The SMILES string of the molecule is Cc1cc(N2CCCC2)nc(Nc2ccc(Cl)c(C(F)(F)F)c2)n1. The Morgan fingerprint density at radius 1 is 1.12 bits per heavy atom. The molecule has 1 aliphatic heterocycles. The smallest absolute Gasteiger partial charge is 0.356 e. The maximum Gasteiger partial charge on any atom is 0.417 e. The zero-order valence-electron chi connectivity index (χ0n) is 13.0. The first kappa shape index (κ1) is 16.8. The first-order valence-electron chi connectivity index (χ1n) is 7.57. The number of rotatable bonds is 3. The summed E-state index contributed by atoms with van der Waals surface area (Å²) in [5, 5.41) is 2.50. The summed E-state index contributed by atoms with van der Waals surface area (Å²) in [6.45, 7) is 3.68. The highest BCUT2D eigenvalue weighted by molar-refractivity contribution is 6.31. The van der Waals surface area contributed by atoms with E-state index in [1.807, 2.05) is 13.0 Å². The number of hydrogen-bond donors (Lipinski definition) is 1. The van der Waals surface area contributed by atoms with Gasteiger partial charge in [0.1, 0.15) is 5.82 Å². The molecule has 0 unspecified atom stereocenters.